The summed E-state index contributed by atoms with van der Waals surface area (Å²) >= 11 is 0. The van der Waals surface area contributed by atoms with Crippen molar-refractivity contribution in [2.45, 2.75) is 13.0 Å². The third-order valence-corrected chi connectivity index (χ3v) is 2.11. The lowest BCUT2D eigenvalue weighted by molar-refractivity contribution is -0.129. The van der Waals surface area contributed by atoms with E-state index < -0.39 is 0 Å². The van der Waals surface area contributed by atoms with Crippen LogP contribution < -0.4 is 5.73 Å². The van der Waals surface area contributed by atoms with Crippen LogP contribution in [-0.2, 0) is 11.3 Å². The maximum Gasteiger partial charge on any atom is 0.250 e. The molecule has 2 N–H and O–H groups in total. The van der Waals surface area contributed by atoms with Crippen LogP contribution in [0.5, 0.6) is 0 Å². The highest BCUT2D eigenvalue weighted by atomic mass is 19.1. The van der Waals surface area contributed by atoms with Crippen LogP contribution >= 0.6 is 0 Å². The van der Waals surface area contributed by atoms with Crippen molar-refractivity contribution in [3.05, 3.63) is 35.6 Å². The first-order valence-corrected chi connectivity index (χ1v) is 4.53. The van der Waals surface area contributed by atoms with Crippen molar-refractivity contribution in [1.82, 2.24) is 5.01 Å². The number of hydrazone groups is 1. The van der Waals surface area contributed by atoms with Gasteiger partial charge in [0.25, 0.3) is 5.91 Å². The lowest BCUT2D eigenvalue weighted by Gasteiger charge is -2.10. The minimum Gasteiger partial charge on any atom is -0.385 e. The molecule has 1 aromatic carbocycles. The van der Waals surface area contributed by atoms with Gasteiger partial charge in [0.15, 0.2) is 0 Å². The number of hydrogen-bond acceptors (Lipinski definition) is 3. The Bertz CT molecular complexity index is 413. The Morgan fingerprint density at radius 3 is 2.60 bits per heavy atom. The van der Waals surface area contributed by atoms with Crippen LogP contribution in [0.15, 0.2) is 29.4 Å². The highest BCUT2D eigenvalue weighted by Crippen LogP contribution is 2.12. The molecule has 0 saturated carbocycles. The summed E-state index contributed by atoms with van der Waals surface area (Å²) in [4.78, 5) is 11.3. The average Bonchev–Trinajstić information content (AvgIpc) is 2.49. The van der Waals surface area contributed by atoms with Crippen LogP contribution in [0.25, 0.3) is 0 Å². The largest absolute Gasteiger partial charge is 0.385 e. The normalized spacial score (nSPS) is 15.7. The summed E-state index contributed by atoms with van der Waals surface area (Å²) in [6.45, 7) is 0.333. The molecular formula is C10H10FN3O. The zero-order valence-electron chi connectivity index (χ0n) is 7.98. The van der Waals surface area contributed by atoms with Crippen LogP contribution in [0.2, 0.25) is 0 Å². The second-order valence-electron chi connectivity index (χ2n) is 3.35. The first kappa shape index (κ1) is 9.64. The number of nitrogens with zero attached hydrogens (tertiary/aromatic N) is 2. The topological polar surface area (TPSA) is 58.7 Å². The van der Waals surface area contributed by atoms with Gasteiger partial charge in [-0.05, 0) is 17.7 Å². The van der Waals surface area contributed by atoms with E-state index in [1.807, 2.05) is 0 Å². The number of rotatable bonds is 2. The van der Waals surface area contributed by atoms with Gasteiger partial charge in [-0.3, -0.25) is 4.79 Å². The Hall–Kier alpha value is -1.91. The van der Waals surface area contributed by atoms with E-state index in [1.165, 1.54) is 17.1 Å². The molecule has 1 amide bonds. The molecule has 15 heavy (non-hydrogen) atoms. The van der Waals surface area contributed by atoms with Crippen molar-refractivity contribution in [2.24, 2.45) is 10.8 Å². The molecule has 5 heteroatoms. The maximum atomic E-state index is 12.6. The summed E-state index contributed by atoms with van der Waals surface area (Å²) in [5, 5.41) is 5.17. The molecule has 0 atom stereocenters. The van der Waals surface area contributed by atoms with Crippen LogP contribution in [0.4, 0.5) is 4.39 Å². The molecule has 0 aliphatic carbocycles. The fourth-order valence-corrected chi connectivity index (χ4v) is 1.38. The summed E-state index contributed by atoms with van der Waals surface area (Å²) in [5.74, 6) is -0.103. The summed E-state index contributed by atoms with van der Waals surface area (Å²) in [6.07, 6.45) is 0.168. The molecular weight excluding hydrogens is 197 g/mol. The minimum absolute atomic E-state index is 0.128. The van der Waals surface area contributed by atoms with Gasteiger partial charge >= 0.3 is 0 Å². The lowest BCUT2D eigenvalue weighted by atomic mass is 10.2. The summed E-state index contributed by atoms with van der Waals surface area (Å²) < 4.78 is 12.6. The minimum atomic E-state index is -0.297. The monoisotopic (exact) mass is 207 g/mol. The third kappa shape index (κ3) is 2.12. The second kappa shape index (κ2) is 3.68. The zero-order chi connectivity index (χ0) is 10.8. The molecule has 78 valence electrons. The number of carbonyl (C=O) groups is 1. The predicted molar refractivity (Wildman–Crippen MR) is 53.2 cm³/mol. The molecule has 2 rings (SSSR count). The molecule has 0 fully saturated rings. The van der Waals surface area contributed by atoms with Gasteiger partial charge < -0.3 is 5.73 Å². The highest BCUT2D eigenvalue weighted by Gasteiger charge is 2.21. The van der Waals surface area contributed by atoms with Gasteiger partial charge in [0.1, 0.15) is 11.7 Å². The van der Waals surface area contributed by atoms with Gasteiger partial charge in [0, 0.05) is 0 Å². The van der Waals surface area contributed by atoms with E-state index in [2.05, 4.69) is 5.10 Å². The van der Waals surface area contributed by atoms with Gasteiger partial charge in [-0.15, -0.1) is 0 Å². The quantitative estimate of drug-likeness (QED) is 0.780. The van der Waals surface area contributed by atoms with Crippen molar-refractivity contribution in [1.29, 1.82) is 0 Å². The Morgan fingerprint density at radius 1 is 1.40 bits per heavy atom. The van der Waals surface area contributed by atoms with E-state index in [-0.39, 0.29) is 18.1 Å². The number of carbonyl (C=O) groups excluding carboxylic acids is 1. The van der Waals surface area contributed by atoms with Crippen molar-refractivity contribution in [2.75, 3.05) is 0 Å². The molecule has 1 aromatic rings. The summed E-state index contributed by atoms with van der Waals surface area (Å²) in [7, 11) is 0. The fraction of sp³-hybridized carbons (Fsp3) is 0.200. The van der Waals surface area contributed by atoms with Gasteiger partial charge in [-0.1, -0.05) is 12.1 Å². The highest BCUT2D eigenvalue weighted by molar-refractivity contribution is 6.02. The van der Waals surface area contributed by atoms with E-state index >= 15 is 0 Å². The van der Waals surface area contributed by atoms with Crippen molar-refractivity contribution >= 4 is 11.7 Å². The average molecular weight is 207 g/mol. The van der Waals surface area contributed by atoms with E-state index in [1.54, 1.807) is 12.1 Å². The third-order valence-electron chi connectivity index (χ3n) is 2.11. The summed E-state index contributed by atoms with van der Waals surface area (Å²) in [6, 6.07) is 5.94. The standard InChI is InChI=1S/C10H10FN3O/c11-8-3-1-7(2-4-8)6-14-10(15)5-9(12)13-14/h1-4H,5-6H2,(H2,12,13). The molecule has 1 heterocycles. The number of nitrogens with two attached hydrogens (primary N) is 1. The second-order valence-corrected chi connectivity index (χ2v) is 3.35. The van der Waals surface area contributed by atoms with Gasteiger partial charge in [0.05, 0.1) is 13.0 Å². The van der Waals surface area contributed by atoms with E-state index in [0.717, 1.165) is 5.56 Å². The smallest absolute Gasteiger partial charge is 0.250 e. The Labute approximate surface area is 86.2 Å². The molecule has 0 unspecified atom stereocenters. The number of hydrogen-bond donors (Lipinski definition) is 1. The molecule has 0 bridgehead atoms. The number of halogens is 1. The van der Waals surface area contributed by atoms with Crippen molar-refractivity contribution < 1.29 is 9.18 Å². The molecule has 1 aliphatic rings. The molecule has 4 nitrogen and oxygen atoms in total. The molecule has 0 aromatic heterocycles. The summed E-state index contributed by atoms with van der Waals surface area (Å²) in [5.41, 5.74) is 6.24. The van der Waals surface area contributed by atoms with Gasteiger partial charge in [0.2, 0.25) is 0 Å². The number of amides is 1. The Kier molecular flexibility index (Phi) is 2.37. The molecule has 1 aliphatic heterocycles. The van der Waals surface area contributed by atoms with E-state index in [9.17, 15) is 9.18 Å². The van der Waals surface area contributed by atoms with E-state index in [0.29, 0.717) is 12.4 Å². The van der Waals surface area contributed by atoms with Crippen molar-refractivity contribution in [3.63, 3.8) is 0 Å². The number of amidine groups is 1. The fourth-order valence-electron chi connectivity index (χ4n) is 1.38. The lowest BCUT2D eigenvalue weighted by Crippen LogP contribution is -2.20. The predicted octanol–water partition coefficient (Wildman–Crippen LogP) is 0.830. The Morgan fingerprint density at radius 2 is 2.07 bits per heavy atom. The molecule has 0 saturated heterocycles. The number of benzene rings is 1. The van der Waals surface area contributed by atoms with E-state index in [4.69, 9.17) is 5.73 Å². The van der Waals surface area contributed by atoms with Crippen LogP contribution in [0.1, 0.15) is 12.0 Å². The Balaban J connectivity index is 2.09. The van der Waals surface area contributed by atoms with Gasteiger partial charge in [-0.25, -0.2) is 9.40 Å². The molecule has 0 spiro atoms. The van der Waals surface area contributed by atoms with Crippen LogP contribution in [0.3, 0.4) is 0 Å². The first-order valence-electron chi connectivity index (χ1n) is 4.53. The SMILES string of the molecule is NC1=NN(Cc2ccc(F)cc2)C(=O)C1. The van der Waals surface area contributed by atoms with Crippen molar-refractivity contribution in [3.8, 4) is 0 Å². The first-order chi connectivity index (χ1) is 7.15. The molecule has 0 radical (unpaired) electrons. The van der Waals surface area contributed by atoms with Gasteiger partial charge in [-0.2, -0.15) is 5.10 Å². The maximum absolute atomic E-state index is 12.6. The zero-order valence-corrected chi connectivity index (χ0v) is 7.98. The van der Waals surface area contributed by atoms with Crippen LogP contribution in [0, 0.1) is 5.82 Å². The van der Waals surface area contributed by atoms with Crippen LogP contribution in [-0.4, -0.2) is 16.8 Å².